The van der Waals surface area contributed by atoms with Gasteiger partial charge in [-0.3, -0.25) is 9.59 Å². The molecule has 1 aromatic carbocycles. The Kier molecular flexibility index (Phi) is 6.39. The molecule has 180 valence electrons. The van der Waals surface area contributed by atoms with Gasteiger partial charge in [0.25, 0.3) is 5.91 Å². The molecule has 6 heteroatoms. The Morgan fingerprint density at radius 1 is 1.03 bits per heavy atom. The lowest BCUT2D eigenvalue weighted by Crippen LogP contribution is -2.51. The Morgan fingerprint density at radius 3 is 2.27 bits per heavy atom. The van der Waals surface area contributed by atoms with Crippen LogP contribution in [0.2, 0.25) is 0 Å². The first-order valence-electron chi connectivity index (χ1n) is 13.1. The lowest BCUT2D eigenvalue weighted by molar-refractivity contribution is -0.140. The van der Waals surface area contributed by atoms with Gasteiger partial charge in [-0.05, 0) is 114 Å². The molecule has 4 bridgehead atoms. The van der Waals surface area contributed by atoms with Crippen LogP contribution in [-0.2, 0) is 4.79 Å². The van der Waals surface area contributed by atoms with E-state index in [4.69, 9.17) is 0 Å². The topological polar surface area (TPSA) is 64.7 Å². The normalized spacial score (nSPS) is 30.2. The molecule has 33 heavy (non-hydrogen) atoms. The third-order valence-electron chi connectivity index (χ3n) is 8.53. The highest BCUT2D eigenvalue weighted by Crippen LogP contribution is 2.60. The fourth-order valence-corrected chi connectivity index (χ4v) is 7.37. The molecule has 6 nitrogen and oxygen atoms in total. The largest absolute Gasteiger partial charge is 0.371 e. The van der Waals surface area contributed by atoms with Crippen molar-refractivity contribution in [2.75, 3.05) is 50.5 Å². The van der Waals surface area contributed by atoms with E-state index >= 15 is 0 Å². The van der Waals surface area contributed by atoms with E-state index in [1.807, 2.05) is 32.3 Å². The van der Waals surface area contributed by atoms with Gasteiger partial charge in [0.05, 0.1) is 11.0 Å². The van der Waals surface area contributed by atoms with E-state index in [1.165, 1.54) is 19.3 Å². The van der Waals surface area contributed by atoms with Gasteiger partial charge < -0.3 is 20.4 Å². The maximum Gasteiger partial charge on any atom is 0.253 e. The minimum absolute atomic E-state index is 0.0402. The van der Waals surface area contributed by atoms with Crippen LogP contribution in [0.5, 0.6) is 0 Å². The van der Waals surface area contributed by atoms with E-state index in [0.717, 1.165) is 87.3 Å². The van der Waals surface area contributed by atoms with Crippen molar-refractivity contribution in [2.45, 2.75) is 57.8 Å². The second-order valence-electron chi connectivity index (χ2n) is 11.5. The highest BCUT2D eigenvalue weighted by atomic mass is 16.2. The summed E-state index contributed by atoms with van der Waals surface area (Å²) in [6, 6.07) is 5.94. The van der Waals surface area contributed by atoms with Gasteiger partial charge in [0, 0.05) is 31.0 Å². The fraction of sp³-hybridized carbons (Fsp3) is 0.704. The van der Waals surface area contributed by atoms with Crippen molar-refractivity contribution < 1.29 is 9.59 Å². The molecule has 1 heterocycles. The molecular weight excluding hydrogens is 412 g/mol. The molecule has 0 unspecified atom stereocenters. The molecule has 5 aliphatic rings. The molecule has 6 rings (SSSR count). The van der Waals surface area contributed by atoms with Gasteiger partial charge in [-0.2, -0.15) is 0 Å². The summed E-state index contributed by atoms with van der Waals surface area (Å²) in [4.78, 5) is 31.1. The first-order chi connectivity index (χ1) is 15.9. The molecule has 1 saturated heterocycles. The summed E-state index contributed by atoms with van der Waals surface area (Å²) in [5.41, 5.74) is 2.25. The molecular formula is C27H40N4O2. The summed E-state index contributed by atoms with van der Waals surface area (Å²) in [5.74, 6) is 2.36. The molecule has 5 fully saturated rings. The van der Waals surface area contributed by atoms with E-state index < -0.39 is 0 Å². The Bertz CT molecular complexity index is 855. The number of anilines is 2. The predicted octanol–water partition coefficient (Wildman–Crippen LogP) is 4.12. The van der Waals surface area contributed by atoms with Crippen LogP contribution < -0.4 is 15.5 Å². The molecule has 4 aliphatic carbocycles. The second kappa shape index (κ2) is 9.28. The summed E-state index contributed by atoms with van der Waals surface area (Å²) < 4.78 is 0. The molecule has 0 radical (unpaired) electrons. The number of hydrogen-bond acceptors (Lipinski definition) is 4. The molecule has 2 amide bonds. The van der Waals surface area contributed by atoms with Crippen LogP contribution in [0.25, 0.3) is 0 Å². The number of rotatable bonds is 8. The van der Waals surface area contributed by atoms with Crippen LogP contribution >= 0.6 is 0 Å². The maximum absolute atomic E-state index is 13.5. The van der Waals surface area contributed by atoms with Crippen molar-refractivity contribution in [1.29, 1.82) is 0 Å². The number of hydrogen-bond donors (Lipinski definition) is 2. The van der Waals surface area contributed by atoms with Crippen LogP contribution in [0.3, 0.4) is 0 Å². The minimum atomic E-state index is -0.184. The highest BCUT2D eigenvalue weighted by Gasteiger charge is 2.54. The quantitative estimate of drug-likeness (QED) is 0.583. The van der Waals surface area contributed by atoms with Crippen molar-refractivity contribution in [3.05, 3.63) is 23.8 Å². The van der Waals surface area contributed by atoms with Crippen molar-refractivity contribution in [1.82, 2.24) is 10.2 Å². The lowest BCUT2D eigenvalue weighted by atomic mass is 9.49. The maximum atomic E-state index is 13.5. The number of carbonyl (C=O) groups is 2. The Hall–Kier alpha value is -2.08. The summed E-state index contributed by atoms with van der Waals surface area (Å²) in [6.45, 7) is 3.57. The number of amides is 2. The first-order valence-corrected chi connectivity index (χ1v) is 13.1. The average molecular weight is 453 g/mol. The van der Waals surface area contributed by atoms with Crippen molar-refractivity contribution in [3.8, 4) is 0 Å². The van der Waals surface area contributed by atoms with Gasteiger partial charge >= 0.3 is 0 Å². The SMILES string of the molecule is CN(C)CCCNC(=O)c1cc(NC(=O)C23CC4CC(CC(C4)C2)C3)ccc1N1CCCC1. The average Bonchev–Trinajstić information content (AvgIpc) is 3.30. The van der Waals surface area contributed by atoms with E-state index in [2.05, 4.69) is 20.4 Å². The smallest absolute Gasteiger partial charge is 0.253 e. The molecule has 0 aromatic heterocycles. The van der Waals surface area contributed by atoms with Crippen molar-refractivity contribution in [3.63, 3.8) is 0 Å². The van der Waals surface area contributed by atoms with Crippen LogP contribution in [0.1, 0.15) is 68.1 Å². The number of nitrogens with one attached hydrogen (secondary N) is 2. The Morgan fingerprint density at radius 2 is 1.67 bits per heavy atom. The molecule has 0 atom stereocenters. The van der Waals surface area contributed by atoms with Gasteiger partial charge in [0.1, 0.15) is 0 Å². The van der Waals surface area contributed by atoms with Crippen LogP contribution in [0.15, 0.2) is 18.2 Å². The van der Waals surface area contributed by atoms with Crippen molar-refractivity contribution >= 4 is 23.2 Å². The van der Waals surface area contributed by atoms with E-state index in [9.17, 15) is 9.59 Å². The summed E-state index contributed by atoms with van der Waals surface area (Å²) in [6.07, 6.45) is 10.4. The molecule has 1 aromatic rings. The van der Waals surface area contributed by atoms with E-state index in [1.54, 1.807) is 0 Å². The standard InChI is InChI=1S/C27H40N4O2/c1-30(2)9-5-8-28-25(32)23-15-22(6-7-24(23)31-10-3-4-11-31)29-26(33)27-16-19-12-20(17-27)14-21(13-19)18-27/h6-7,15,19-21H,3-5,8-14,16-18H2,1-2H3,(H,28,32)(H,29,33). The second-order valence-corrected chi connectivity index (χ2v) is 11.5. The third kappa shape index (κ3) is 4.77. The number of benzene rings is 1. The van der Waals surface area contributed by atoms with Crippen LogP contribution in [-0.4, -0.2) is 57.0 Å². The molecule has 1 aliphatic heterocycles. The monoisotopic (exact) mass is 452 g/mol. The van der Waals surface area contributed by atoms with Crippen molar-refractivity contribution in [2.24, 2.45) is 23.2 Å². The zero-order valence-corrected chi connectivity index (χ0v) is 20.4. The van der Waals surface area contributed by atoms with Gasteiger partial charge in [-0.25, -0.2) is 0 Å². The Labute approximate surface area is 198 Å². The zero-order valence-electron chi connectivity index (χ0n) is 20.4. The third-order valence-corrected chi connectivity index (χ3v) is 8.53. The van der Waals surface area contributed by atoms with Crippen LogP contribution in [0.4, 0.5) is 11.4 Å². The molecule has 2 N–H and O–H groups in total. The summed E-state index contributed by atoms with van der Waals surface area (Å²) in [5, 5.41) is 6.35. The molecule has 4 saturated carbocycles. The van der Waals surface area contributed by atoms with Gasteiger partial charge in [0.2, 0.25) is 5.91 Å². The fourth-order valence-electron chi connectivity index (χ4n) is 7.37. The first kappa shape index (κ1) is 22.7. The predicted molar refractivity (Wildman–Crippen MR) is 133 cm³/mol. The van der Waals surface area contributed by atoms with E-state index in [-0.39, 0.29) is 17.2 Å². The highest BCUT2D eigenvalue weighted by molar-refractivity contribution is 6.02. The van der Waals surface area contributed by atoms with Gasteiger partial charge in [-0.15, -0.1) is 0 Å². The minimum Gasteiger partial charge on any atom is -0.371 e. The summed E-state index contributed by atoms with van der Waals surface area (Å²) in [7, 11) is 4.09. The van der Waals surface area contributed by atoms with Gasteiger partial charge in [0.15, 0.2) is 0 Å². The van der Waals surface area contributed by atoms with Gasteiger partial charge in [-0.1, -0.05) is 0 Å². The lowest BCUT2D eigenvalue weighted by Gasteiger charge is -2.55. The number of nitrogens with zero attached hydrogens (tertiary/aromatic N) is 2. The van der Waals surface area contributed by atoms with Crippen LogP contribution in [0, 0.1) is 23.2 Å². The zero-order chi connectivity index (χ0) is 23.0. The summed E-state index contributed by atoms with van der Waals surface area (Å²) >= 11 is 0. The molecule has 0 spiro atoms. The van der Waals surface area contributed by atoms with E-state index in [0.29, 0.717) is 12.1 Å². The Balaban J connectivity index is 1.32. The number of carbonyl (C=O) groups excluding carboxylic acids is 2.